The number of benzene rings is 1. The van der Waals surface area contributed by atoms with E-state index in [2.05, 4.69) is 10.2 Å². The maximum absolute atomic E-state index is 13.1. The number of nitrogens with zero attached hydrogens (tertiary/aromatic N) is 5. The number of hydrazone groups is 1. The predicted octanol–water partition coefficient (Wildman–Crippen LogP) is 1.72. The summed E-state index contributed by atoms with van der Waals surface area (Å²) in [6, 6.07) is 6.92. The first-order valence-corrected chi connectivity index (χ1v) is 9.89. The molecule has 3 aliphatic rings. The van der Waals surface area contributed by atoms with Gasteiger partial charge in [-0.05, 0) is 38.5 Å². The third kappa shape index (κ3) is 2.87. The molecule has 4 rings (SSSR count). The molecule has 0 spiro atoms. The SMILES string of the molecule is CCN1C(=O)C2C(NC3N(Cc4cccc(Cl)c4)N=C(C)C(C)N23)N(C)C1=O. The molecule has 3 aliphatic heterocycles. The number of fused-ring (bicyclic) bond motifs is 3. The van der Waals surface area contributed by atoms with Crippen molar-refractivity contribution < 1.29 is 9.59 Å². The largest absolute Gasteiger partial charge is 0.327 e. The van der Waals surface area contributed by atoms with Crippen LogP contribution in [-0.2, 0) is 11.3 Å². The predicted molar refractivity (Wildman–Crippen MR) is 106 cm³/mol. The van der Waals surface area contributed by atoms with Crippen molar-refractivity contribution in [1.29, 1.82) is 0 Å². The van der Waals surface area contributed by atoms with Crippen LogP contribution in [0.4, 0.5) is 4.79 Å². The molecule has 0 saturated carbocycles. The Morgan fingerprint density at radius 2 is 2.04 bits per heavy atom. The lowest BCUT2D eigenvalue weighted by molar-refractivity contribution is -0.139. The lowest BCUT2D eigenvalue weighted by atomic mass is 10.1. The molecule has 1 N–H and O–H groups in total. The Hall–Kier alpha value is -2.16. The number of nitrogens with one attached hydrogen (secondary N) is 1. The molecule has 0 aliphatic carbocycles. The Balaban J connectivity index is 1.69. The second kappa shape index (κ2) is 7.02. The normalized spacial score (nSPS) is 30.5. The maximum atomic E-state index is 13.1. The summed E-state index contributed by atoms with van der Waals surface area (Å²) in [4.78, 5) is 30.8. The van der Waals surface area contributed by atoms with E-state index in [0.29, 0.717) is 18.1 Å². The molecule has 3 amide bonds. The van der Waals surface area contributed by atoms with Crippen molar-refractivity contribution in [3.8, 4) is 0 Å². The minimum atomic E-state index is -0.449. The zero-order valence-electron chi connectivity index (χ0n) is 16.5. The van der Waals surface area contributed by atoms with Gasteiger partial charge < -0.3 is 4.90 Å². The zero-order chi connectivity index (χ0) is 20.2. The van der Waals surface area contributed by atoms with Gasteiger partial charge in [0.05, 0.1) is 18.3 Å². The van der Waals surface area contributed by atoms with Gasteiger partial charge in [-0.1, -0.05) is 23.7 Å². The molecule has 9 heteroatoms. The first kappa shape index (κ1) is 19.2. The van der Waals surface area contributed by atoms with Gasteiger partial charge in [0.2, 0.25) is 0 Å². The van der Waals surface area contributed by atoms with Gasteiger partial charge in [0, 0.05) is 18.6 Å². The van der Waals surface area contributed by atoms with Crippen LogP contribution in [0.2, 0.25) is 5.02 Å². The van der Waals surface area contributed by atoms with Crippen molar-refractivity contribution in [2.45, 2.75) is 51.9 Å². The van der Waals surface area contributed by atoms with Crippen molar-refractivity contribution in [1.82, 2.24) is 25.0 Å². The van der Waals surface area contributed by atoms with Crippen LogP contribution in [0.3, 0.4) is 0 Å². The molecule has 150 valence electrons. The van der Waals surface area contributed by atoms with Crippen LogP contribution in [0, 0.1) is 0 Å². The molecule has 4 unspecified atom stereocenters. The Morgan fingerprint density at radius 3 is 2.71 bits per heavy atom. The smallest absolute Gasteiger partial charge is 0.310 e. The molecule has 3 heterocycles. The van der Waals surface area contributed by atoms with Crippen molar-refractivity contribution in [2.75, 3.05) is 13.6 Å². The number of rotatable bonds is 3. The minimum Gasteiger partial charge on any atom is -0.310 e. The Kier molecular flexibility index (Phi) is 4.81. The molecule has 1 aromatic carbocycles. The number of carbonyl (C=O) groups is 2. The summed E-state index contributed by atoms with van der Waals surface area (Å²) in [6.07, 6.45) is -0.679. The molecule has 0 bridgehead atoms. The number of likely N-dealkylation sites (N-methyl/N-ethyl adjacent to an activating group) is 2. The highest BCUT2D eigenvalue weighted by Gasteiger charge is 2.57. The van der Waals surface area contributed by atoms with Crippen LogP contribution in [0.5, 0.6) is 0 Å². The van der Waals surface area contributed by atoms with Gasteiger partial charge in [0.1, 0.15) is 12.2 Å². The standard InChI is InChI=1S/C19H25ClN6O2/c1-5-24-17(27)15-16(23(4)19(24)28)21-18-25(22-11(2)12(3)26(15)18)10-13-7-6-8-14(20)9-13/h6-9,12,15-16,18,21H,5,10H2,1-4H3. The average molecular weight is 405 g/mol. The Labute approximate surface area is 169 Å². The number of urea groups is 1. The fourth-order valence-electron chi connectivity index (χ4n) is 4.28. The summed E-state index contributed by atoms with van der Waals surface area (Å²) in [7, 11) is 1.74. The van der Waals surface area contributed by atoms with E-state index >= 15 is 0 Å². The Morgan fingerprint density at radius 1 is 1.29 bits per heavy atom. The second-order valence-electron chi connectivity index (χ2n) is 7.50. The van der Waals surface area contributed by atoms with Gasteiger partial charge >= 0.3 is 6.03 Å². The molecule has 0 aromatic heterocycles. The highest BCUT2D eigenvalue weighted by atomic mass is 35.5. The highest BCUT2D eigenvalue weighted by Crippen LogP contribution is 2.33. The fourth-order valence-corrected chi connectivity index (χ4v) is 4.49. The first-order valence-electron chi connectivity index (χ1n) is 9.51. The van der Waals surface area contributed by atoms with Gasteiger partial charge in [-0.15, -0.1) is 0 Å². The van der Waals surface area contributed by atoms with Crippen LogP contribution < -0.4 is 5.32 Å². The van der Waals surface area contributed by atoms with Crippen molar-refractivity contribution in [2.24, 2.45) is 5.10 Å². The molecule has 8 nitrogen and oxygen atoms in total. The van der Waals surface area contributed by atoms with Gasteiger partial charge in [-0.25, -0.2) is 9.69 Å². The fraction of sp³-hybridized carbons (Fsp3) is 0.526. The molecule has 2 saturated heterocycles. The monoisotopic (exact) mass is 404 g/mol. The maximum Gasteiger partial charge on any atom is 0.327 e. The van der Waals surface area contributed by atoms with Crippen LogP contribution in [-0.4, -0.2) is 75.5 Å². The molecule has 28 heavy (non-hydrogen) atoms. The molecule has 1 aromatic rings. The average Bonchev–Trinajstić information content (AvgIpc) is 3.06. The van der Waals surface area contributed by atoms with E-state index in [0.717, 1.165) is 11.3 Å². The van der Waals surface area contributed by atoms with Crippen LogP contribution in [0.15, 0.2) is 29.4 Å². The molecule has 0 radical (unpaired) electrons. The van der Waals surface area contributed by atoms with Crippen molar-refractivity contribution >= 4 is 29.3 Å². The molecular weight excluding hydrogens is 380 g/mol. The van der Waals surface area contributed by atoms with Crippen molar-refractivity contribution in [3.63, 3.8) is 0 Å². The van der Waals surface area contributed by atoms with E-state index in [1.807, 2.05) is 50.0 Å². The van der Waals surface area contributed by atoms with Crippen LogP contribution in [0.1, 0.15) is 26.3 Å². The van der Waals surface area contributed by atoms with Crippen molar-refractivity contribution in [3.05, 3.63) is 34.9 Å². The van der Waals surface area contributed by atoms with Crippen LogP contribution in [0.25, 0.3) is 0 Å². The van der Waals surface area contributed by atoms with E-state index in [1.54, 1.807) is 11.9 Å². The first-order chi connectivity index (χ1) is 13.3. The topological polar surface area (TPSA) is 71.5 Å². The lowest BCUT2D eigenvalue weighted by Crippen LogP contribution is -2.67. The van der Waals surface area contributed by atoms with E-state index in [-0.39, 0.29) is 24.3 Å². The number of amides is 3. The third-order valence-electron chi connectivity index (χ3n) is 5.86. The number of hydrogen-bond acceptors (Lipinski definition) is 6. The second-order valence-corrected chi connectivity index (χ2v) is 7.93. The summed E-state index contributed by atoms with van der Waals surface area (Å²) < 4.78 is 0. The van der Waals surface area contributed by atoms with Gasteiger partial charge in [0.15, 0.2) is 6.29 Å². The number of hydrogen-bond donors (Lipinski definition) is 1. The summed E-state index contributed by atoms with van der Waals surface area (Å²) in [5.74, 6) is -0.158. The molecule has 4 atom stereocenters. The lowest BCUT2D eigenvalue weighted by Gasteiger charge is -2.44. The summed E-state index contributed by atoms with van der Waals surface area (Å²) >= 11 is 6.14. The quantitative estimate of drug-likeness (QED) is 0.830. The third-order valence-corrected chi connectivity index (χ3v) is 6.10. The number of carbonyl (C=O) groups excluding carboxylic acids is 2. The van der Waals surface area contributed by atoms with Crippen LogP contribution >= 0.6 is 11.6 Å². The van der Waals surface area contributed by atoms with E-state index in [9.17, 15) is 9.59 Å². The van der Waals surface area contributed by atoms with Gasteiger partial charge in [-0.3, -0.25) is 20.0 Å². The van der Waals surface area contributed by atoms with Gasteiger partial charge in [-0.2, -0.15) is 5.10 Å². The minimum absolute atomic E-state index is 0.0210. The Bertz CT molecular complexity index is 845. The number of halogens is 1. The summed E-state index contributed by atoms with van der Waals surface area (Å²) in [5, 5.41) is 10.8. The number of imide groups is 1. The summed E-state index contributed by atoms with van der Waals surface area (Å²) in [5.41, 5.74) is 1.96. The highest BCUT2D eigenvalue weighted by molar-refractivity contribution is 6.30. The van der Waals surface area contributed by atoms with E-state index in [4.69, 9.17) is 16.7 Å². The molecule has 2 fully saturated rings. The van der Waals surface area contributed by atoms with Gasteiger partial charge in [0.25, 0.3) is 5.91 Å². The molecular formula is C19H25ClN6O2. The zero-order valence-corrected chi connectivity index (χ0v) is 17.2. The van der Waals surface area contributed by atoms with E-state index < -0.39 is 12.2 Å². The summed E-state index contributed by atoms with van der Waals surface area (Å²) in [6.45, 7) is 6.74. The van der Waals surface area contributed by atoms with E-state index in [1.165, 1.54) is 4.90 Å².